The molecule has 1 heterocycles. The molecule has 1 aromatic heterocycles. The number of rotatable bonds is 3. The molecule has 90 valence electrons. The molecule has 1 aromatic carbocycles. The van der Waals surface area contributed by atoms with Gasteiger partial charge in [0.15, 0.2) is 0 Å². The van der Waals surface area contributed by atoms with E-state index >= 15 is 0 Å². The van der Waals surface area contributed by atoms with Gasteiger partial charge in [0.2, 0.25) is 0 Å². The van der Waals surface area contributed by atoms with E-state index in [4.69, 9.17) is 11.0 Å². The molecule has 0 fully saturated rings. The summed E-state index contributed by atoms with van der Waals surface area (Å²) in [7, 11) is 0. The summed E-state index contributed by atoms with van der Waals surface area (Å²) in [6, 6.07) is 7.76. The van der Waals surface area contributed by atoms with Crippen molar-refractivity contribution in [2.24, 2.45) is 5.73 Å². The van der Waals surface area contributed by atoms with Crippen LogP contribution >= 0.6 is 0 Å². The fraction of sp³-hybridized carbons (Fsp3) is 0.0909. The first-order valence-corrected chi connectivity index (χ1v) is 5.09. The zero-order chi connectivity index (χ0) is 13.1. The topological polar surface area (TPSA) is 111 Å². The van der Waals surface area contributed by atoms with Gasteiger partial charge in [-0.25, -0.2) is 4.68 Å². The molecule has 0 spiro atoms. The monoisotopic (exact) mass is 243 g/mol. The molecule has 0 atom stereocenters. The van der Waals surface area contributed by atoms with Gasteiger partial charge < -0.3 is 5.73 Å². The lowest BCUT2D eigenvalue weighted by molar-refractivity contribution is -0.384. The molecule has 18 heavy (non-hydrogen) atoms. The minimum Gasteiger partial charge on any atom is -0.325 e. The Bertz CT molecular complexity index is 641. The quantitative estimate of drug-likeness (QED) is 0.641. The molecule has 2 aromatic rings. The van der Waals surface area contributed by atoms with E-state index in [1.165, 1.54) is 22.9 Å². The number of nitriles is 1. The molecule has 0 saturated carbocycles. The molecule has 0 amide bonds. The number of nitro groups is 1. The van der Waals surface area contributed by atoms with Crippen LogP contribution in [0.3, 0.4) is 0 Å². The third-order valence-electron chi connectivity index (χ3n) is 2.40. The summed E-state index contributed by atoms with van der Waals surface area (Å²) in [6.45, 7) is 0.261. The molecule has 2 rings (SSSR count). The van der Waals surface area contributed by atoms with E-state index in [-0.39, 0.29) is 17.8 Å². The number of hydrogen-bond acceptors (Lipinski definition) is 5. The van der Waals surface area contributed by atoms with Crippen LogP contribution in [0.4, 0.5) is 5.69 Å². The minimum atomic E-state index is -0.542. The Morgan fingerprint density at radius 2 is 2.28 bits per heavy atom. The van der Waals surface area contributed by atoms with Crippen molar-refractivity contribution in [3.8, 4) is 11.8 Å². The molecule has 0 unspecified atom stereocenters. The van der Waals surface area contributed by atoms with Gasteiger partial charge in [0, 0.05) is 18.8 Å². The summed E-state index contributed by atoms with van der Waals surface area (Å²) in [5.41, 5.74) is 6.44. The fourth-order valence-electron chi connectivity index (χ4n) is 1.54. The second-order valence-corrected chi connectivity index (χ2v) is 3.53. The summed E-state index contributed by atoms with van der Waals surface area (Å²) in [5, 5.41) is 23.8. The summed E-state index contributed by atoms with van der Waals surface area (Å²) in [6.07, 6.45) is 1.59. The number of nitrogens with zero attached hydrogens (tertiary/aromatic N) is 4. The van der Waals surface area contributed by atoms with Crippen LogP contribution in [0.1, 0.15) is 11.3 Å². The highest BCUT2D eigenvalue weighted by atomic mass is 16.6. The van der Waals surface area contributed by atoms with Crippen LogP contribution in [0.15, 0.2) is 30.5 Å². The van der Waals surface area contributed by atoms with Crippen molar-refractivity contribution in [2.75, 3.05) is 0 Å². The molecule has 2 N–H and O–H groups in total. The van der Waals surface area contributed by atoms with Crippen molar-refractivity contribution >= 4 is 5.69 Å². The smallest absolute Gasteiger partial charge is 0.296 e. The van der Waals surface area contributed by atoms with Crippen LogP contribution in [0, 0.1) is 21.4 Å². The van der Waals surface area contributed by atoms with Gasteiger partial charge >= 0.3 is 0 Å². The van der Waals surface area contributed by atoms with Gasteiger partial charge in [-0.2, -0.15) is 10.4 Å². The predicted molar refractivity (Wildman–Crippen MR) is 62.8 cm³/mol. The SMILES string of the molecule is N#Cc1ccc(-n2ccc(CN)n2)c([N+](=O)[O-])c1. The van der Waals surface area contributed by atoms with Crippen LogP contribution in [0.2, 0.25) is 0 Å². The Hall–Kier alpha value is -2.72. The first-order valence-electron chi connectivity index (χ1n) is 5.09. The van der Waals surface area contributed by atoms with E-state index in [0.29, 0.717) is 11.4 Å². The van der Waals surface area contributed by atoms with Gasteiger partial charge in [0.05, 0.1) is 22.2 Å². The number of nitrogens with two attached hydrogens (primary N) is 1. The van der Waals surface area contributed by atoms with Gasteiger partial charge in [0.1, 0.15) is 5.69 Å². The molecular weight excluding hydrogens is 234 g/mol. The third-order valence-corrected chi connectivity index (χ3v) is 2.40. The lowest BCUT2D eigenvalue weighted by atomic mass is 10.2. The first kappa shape index (κ1) is 11.8. The Labute approximate surface area is 102 Å². The maximum Gasteiger partial charge on any atom is 0.296 e. The molecule has 0 aliphatic carbocycles. The summed E-state index contributed by atoms with van der Waals surface area (Å²) >= 11 is 0. The van der Waals surface area contributed by atoms with E-state index in [0.717, 1.165) is 0 Å². The Morgan fingerprint density at radius 1 is 1.50 bits per heavy atom. The normalized spacial score (nSPS) is 10.0. The van der Waals surface area contributed by atoms with Crippen LogP contribution in [-0.2, 0) is 6.54 Å². The molecule has 7 nitrogen and oxygen atoms in total. The van der Waals surface area contributed by atoms with Crippen LogP contribution in [-0.4, -0.2) is 14.7 Å². The van der Waals surface area contributed by atoms with Crippen molar-refractivity contribution in [3.05, 3.63) is 51.8 Å². The van der Waals surface area contributed by atoms with Gasteiger partial charge in [-0.1, -0.05) is 0 Å². The zero-order valence-electron chi connectivity index (χ0n) is 9.28. The minimum absolute atomic E-state index is 0.166. The van der Waals surface area contributed by atoms with Gasteiger partial charge in [-0.3, -0.25) is 10.1 Å². The highest BCUT2D eigenvalue weighted by Crippen LogP contribution is 2.23. The number of nitro benzene ring substituents is 1. The highest BCUT2D eigenvalue weighted by Gasteiger charge is 2.16. The lowest BCUT2D eigenvalue weighted by Crippen LogP contribution is -2.03. The second kappa shape index (κ2) is 4.65. The number of benzene rings is 1. The molecule has 0 bridgehead atoms. The van der Waals surface area contributed by atoms with Crippen LogP contribution < -0.4 is 5.73 Å². The van der Waals surface area contributed by atoms with E-state index in [1.54, 1.807) is 12.3 Å². The van der Waals surface area contributed by atoms with Crippen LogP contribution in [0.5, 0.6) is 0 Å². The Kier molecular flexibility index (Phi) is 3.03. The maximum atomic E-state index is 11.0. The Balaban J connectivity index is 2.56. The average Bonchev–Trinajstić information content (AvgIpc) is 2.86. The van der Waals surface area contributed by atoms with Crippen LogP contribution in [0.25, 0.3) is 5.69 Å². The molecule has 0 aliphatic heterocycles. The van der Waals surface area contributed by atoms with Crippen molar-refractivity contribution in [2.45, 2.75) is 6.54 Å². The molecule has 0 saturated heterocycles. The summed E-state index contributed by atoms with van der Waals surface area (Å²) < 4.78 is 1.38. The van der Waals surface area contributed by atoms with Crippen molar-refractivity contribution < 1.29 is 4.92 Å². The van der Waals surface area contributed by atoms with Gasteiger partial charge in [-0.15, -0.1) is 0 Å². The predicted octanol–water partition coefficient (Wildman–Crippen LogP) is 1.11. The van der Waals surface area contributed by atoms with Gasteiger partial charge in [0.25, 0.3) is 5.69 Å². The number of hydrogen-bond donors (Lipinski definition) is 1. The van der Waals surface area contributed by atoms with E-state index in [1.807, 2.05) is 6.07 Å². The Morgan fingerprint density at radius 3 is 2.83 bits per heavy atom. The second-order valence-electron chi connectivity index (χ2n) is 3.53. The number of aromatic nitrogens is 2. The van der Waals surface area contributed by atoms with Gasteiger partial charge in [-0.05, 0) is 18.2 Å². The first-order chi connectivity index (χ1) is 8.65. The van der Waals surface area contributed by atoms with Crippen molar-refractivity contribution in [1.29, 1.82) is 5.26 Å². The van der Waals surface area contributed by atoms with Crippen molar-refractivity contribution in [3.63, 3.8) is 0 Å². The average molecular weight is 243 g/mol. The zero-order valence-corrected chi connectivity index (χ0v) is 9.28. The van der Waals surface area contributed by atoms with E-state index in [9.17, 15) is 10.1 Å². The van der Waals surface area contributed by atoms with Crippen molar-refractivity contribution in [1.82, 2.24) is 9.78 Å². The maximum absolute atomic E-state index is 11.0. The molecule has 0 aliphatic rings. The van der Waals surface area contributed by atoms with E-state index < -0.39 is 4.92 Å². The van der Waals surface area contributed by atoms with E-state index in [2.05, 4.69) is 5.10 Å². The standard InChI is InChI=1S/C11H9N5O2/c12-6-8-1-2-10(11(5-8)16(17)18)15-4-3-9(7-13)14-15/h1-5H,7,13H2. The molecule has 0 radical (unpaired) electrons. The fourth-order valence-corrected chi connectivity index (χ4v) is 1.54. The summed E-state index contributed by atoms with van der Waals surface area (Å²) in [4.78, 5) is 10.4. The largest absolute Gasteiger partial charge is 0.325 e. The third kappa shape index (κ3) is 2.05. The summed E-state index contributed by atoms with van der Waals surface area (Å²) in [5.74, 6) is 0. The molecular formula is C11H9N5O2. The highest BCUT2D eigenvalue weighted by molar-refractivity contribution is 5.56. The lowest BCUT2D eigenvalue weighted by Gasteiger charge is -2.03. The molecule has 7 heteroatoms.